The first-order valence-electron chi connectivity index (χ1n) is 22.7. The zero-order valence-corrected chi connectivity index (χ0v) is 36.7. The Bertz CT molecular complexity index is 1170. The molecule has 58 heavy (non-hydrogen) atoms. The van der Waals surface area contributed by atoms with E-state index in [0.717, 1.165) is 57.8 Å². The highest BCUT2D eigenvalue weighted by atomic mass is 31.2. The summed E-state index contributed by atoms with van der Waals surface area (Å²) in [5.41, 5.74) is 0. The van der Waals surface area contributed by atoms with Gasteiger partial charge >= 0.3 is 19.8 Å². The largest absolute Gasteiger partial charge is 0.472 e. The van der Waals surface area contributed by atoms with E-state index >= 15 is 0 Å². The van der Waals surface area contributed by atoms with Crippen LogP contribution < -0.4 is 0 Å². The first kappa shape index (κ1) is 52.5. The maximum absolute atomic E-state index is 12.8. The second-order valence-electron chi connectivity index (χ2n) is 16.2. The van der Waals surface area contributed by atoms with E-state index < -0.39 is 57.9 Å². The third kappa shape index (κ3) is 25.2. The Morgan fingerprint density at radius 2 is 1.29 bits per heavy atom. The summed E-state index contributed by atoms with van der Waals surface area (Å²) in [6, 6.07) is 0. The minimum Gasteiger partial charge on any atom is -0.462 e. The number of aliphatic hydroxyl groups is 3. The monoisotopic (exact) mass is 847 g/mol. The van der Waals surface area contributed by atoms with Crippen LogP contribution in [0, 0.1) is 11.8 Å². The molecule has 1 saturated heterocycles. The number of rotatable bonds is 38. The summed E-state index contributed by atoms with van der Waals surface area (Å²) in [6.45, 7) is 2.14. The number of allylic oxidation sites excluding steroid dienone is 2. The van der Waals surface area contributed by atoms with Gasteiger partial charge in [-0.2, -0.15) is 0 Å². The van der Waals surface area contributed by atoms with E-state index in [1.165, 1.54) is 70.6 Å². The summed E-state index contributed by atoms with van der Waals surface area (Å²) in [4.78, 5) is 46.2. The van der Waals surface area contributed by atoms with E-state index in [2.05, 4.69) is 26.0 Å². The number of fused-ring (bicyclic) bond motifs is 2. The van der Waals surface area contributed by atoms with Crippen LogP contribution in [-0.4, -0.2) is 89.1 Å². The van der Waals surface area contributed by atoms with Crippen molar-refractivity contribution in [3.8, 4) is 0 Å². The summed E-state index contributed by atoms with van der Waals surface area (Å²) in [6.07, 6.45) is 30.3. The van der Waals surface area contributed by atoms with Gasteiger partial charge in [-0.15, -0.1) is 0 Å². The molecule has 4 N–H and O–H groups in total. The maximum atomic E-state index is 12.8. The molecule has 0 aromatic carbocycles. The molecule has 0 amide bonds. The van der Waals surface area contributed by atoms with Crippen molar-refractivity contribution in [3.05, 3.63) is 24.3 Å². The Morgan fingerprint density at radius 1 is 0.724 bits per heavy atom. The van der Waals surface area contributed by atoms with Gasteiger partial charge < -0.3 is 29.7 Å². The highest BCUT2D eigenvalue weighted by Crippen LogP contribution is 2.45. The normalized spacial score (nSPS) is 21.8. The Kier molecular flexibility index (Phi) is 29.9. The number of aliphatic hydroxyl groups excluding tert-OH is 3. The second kappa shape index (κ2) is 33.0. The smallest absolute Gasteiger partial charge is 0.462 e. The summed E-state index contributed by atoms with van der Waals surface area (Å²) in [7, 11) is -4.66. The molecule has 0 radical (unpaired) electrons. The Labute approximate surface area is 349 Å². The van der Waals surface area contributed by atoms with Crippen molar-refractivity contribution in [2.24, 2.45) is 11.8 Å². The minimum absolute atomic E-state index is 0.00759. The number of phosphoric ester groups is 1. The molecule has 1 heterocycles. The number of carbonyl (C=O) groups is 2. The van der Waals surface area contributed by atoms with Crippen molar-refractivity contribution >= 4 is 19.8 Å². The molecule has 8 unspecified atom stereocenters. The summed E-state index contributed by atoms with van der Waals surface area (Å²) in [5.74, 6) is -0.633. The average molecular weight is 847 g/mol. The van der Waals surface area contributed by atoms with Crippen molar-refractivity contribution in [2.75, 3.05) is 26.4 Å². The van der Waals surface area contributed by atoms with Crippen LogP contribution in [-0.2, 0) is 42.5 Å². The van der Waals surface area contributed by atoms with E-state index in [-0.39, 0.29) is 43.5 Å². The lowest BCUT2D eigenvalue weighted by Gasteiger charge is -2.27. The molecular formula is C44H79O13P. The number of hydrogen-bond donors (Lipinski definition) is 4. The van der Waals surface area contributed by atoms with Crippen molar-refractivity contribution in [1.29, 1.82) is 0 Å². The lowest BCUT2D eigenvalue weighted by Crippen LogP contribution is -2.29. The molecule has 338 valence electrons. The van der Waals surface area contributed by atoms with Crippen LogP contribution in [0.15, 0.2) is 24.3 Å². The molecule has 0 aromatic rings. The molecule has 2 aliphatic rings. The number of carbonyl (C=O) groups excluding carboxylic acids is 2. The fraction of sp³-hybridized carbons (Fsp3) is 0.864. The average Bonchev–Trinajstić information content (AvgIpc) is 3.82. The van der Waals surface area contributed by atoms with Crippen LogP contribution in [0.25, 0.3) is 0 Å². The zero-order chi connectivity index (χ0) is 42.3. The quantitative estimate of drug-likeness (QED) is 0.0152. The van der Waals surface area contributed by atoms with Crippen LogP contribution in [0.4, 0.5) is 0 Å². The molecule has 1 aliphatic heterocycles. The van der Waals surface area contributed by atoms with Gasteiger partial charge in [-0.3, -0.25) is 18.6 Å². The number of hydrogen-bond acceptors (Lipinski definition) is 12. The van der Waals surface area contributed by atoms with Gasteiger partial charge in [0, 0.05) is 31.1 Å². The lowest BCUT2D eigenvalue weighted by atomic mass is 9.89. The van der Waals surface area contributed by atoms with Crippen molar-refractivity contribution < 1.29 is 62.7 Å². The molecule has 2 bridgehead atoms. The predicted molar refractivity (Wildman–Crippen MR) is 223 cm³/mol. The molecule has 2 fully saturated rings. The van der Waals surface area contributed by atoms with E-state index in [4.69, 9.17) is 33.4 Å². The van der Waals surface area contributed by atoms with Gasteiger partial charge in [-0.1, -0.05) is 147 Å². The van der Waals surface area contributed by atoms with Crippen molar-refractivity contribution in [3.63, 3.8) is 0 Å². The maximum Gasteiger partial charge on any atom is 0.472 e. The highest BCUT2D eigenvalue weighted by molar-refractivity contribution is 7.47. The van der Waals surface area contributed by atoms with Crippen LogP contribution in [0.5, 0.6) is 0 Å². The first-order chi connectivity index (χ1) is 28.1. The Hall–Kier alpha value is -1.67. The molecule has 2 rings (SSSR count). The van der Waals surface area contributed by atoms with Crippen molar-refractivity contribution in [1.82, 2.24) is 0 Å². The molecule has 8 atom stereocenters. The number of ether oxygens (including phenoxy) is 2. The standard InChI is InChI=1S/C44H79O13P/c1-3-5-7-8-9-10-11-12-13-14-15-16-17-18-23-27-43(48)52-34-38(35-54-58(50,51)53-33-37(47)32-45)55-44(49)28-24-20-19-22-26-39-40(42-31-41(39)56-57-42)30-29-36(46)25-21-6-4-2/h19,22,29-30,36-42,45-47H,3-18,20-21,23-28,31-35H2,1-2H3,(H,50,51)/b22-19-,30-29+. The lowest BCUT2D eigenvalue weighted by molar-refractivity contribution is -0.336. The van der Waals surface area contributed by atoms with Gasteiger partial charge in [-0.05, 0) is 32.1 Å². The SMILES string of the molecule is CCCCCCCCCCCCCCCCCC(=O)OCC(COP(=O)(O)OCC(O)CO)OC(=O)CCC/C=C\CC1C2CC(OO2)C1/C=C/C(O)CCCCC. The number of esters is 2. The summed E-state index contributed by atoms with van der Waals surface area (Å²) in [5, 5.41) is 28.8. The van der Waals surface area contributed by atoms with Crippen molar-refractivity contribution in [2.45, 2.75) is 205 Å². The fourth-order valence-corrected chi connectivity index (χ4v) is 8.21. The number of phosphoric acid groups is 1. The van der Waals surface area contributed by atoms with E-state index in [1.807, 2.05) is 12.2 Å². The third-order valence-electron chi connectivity index (χ3n) is 10.9. The molecule has 1 saturated carbocycles. The molecule has 14 heteroatoms. The van der Waals surface area contributed by atoms with Gasteiger partial charge in [0.25, 0.3) is 0 Å². The van der Waals surface area contributed by atoms with Gasteiger partial charge in [0.15, 0.2) is 6.10 Å². The van der Waals surface area contributed by atoms with Crippen LogP contribution in [0.3, 0.4) is 0 Å². The molecule has 0 spiro atoms. The van der Waals surface area contributed by atoms with E-state index in [9.17, 15) is 29.3 Å². The Balaban J connectivity index is 1.70. The third-order valence-corrected chi connectivity index (χ3v) is 11.9. The van der Waals surface area contributed by atoms with Crippen LogP contribution >= 0.6 is 7.82 Å². The van der Waals surface area contributed by atoms with Gasteiger partial charge in [0.2, 0.25) is 0 Å². The van der Waals surface area contributed by atoms with E-state index in [1.54, 1.807) is 0 Å². The van der Waals surface area contributed by atoms with Crippen LogP contribution in [0.2, 0.25) is 0 Å². The molecule has 0 aromatic heterocycles. The molecule has 13 nitrogen and oxygen atoms in total. The zero-order valence-electron chi connectivity index (χ0n) is 35.8. The summed E-state index contributed by atoms with van der Waals surface area (Å²) < 4.78 is 32.8. The first-order valence-corrected chi connectivity index (χ1v) is 24.2. The highest BCUT2D eigenvalue weighted by Gasteiger charge is 2.49. The Morgan fingerprint density at radius 3 is 1.93 bits per heavy atom. The topological polar surface area (TPSA) is 188 Å². The van der Waals surface area contributed by atoms with Gasteiger partial charge in [0.1, 0.15) is 18.8 Å². The molecular weight excluding hydrogens is 767 g/mol. The van der Waals surface area contributed by atoms with Gasteiger partial charge in [0.05, 0.1) is 32.0 Å². The summed E-state index contributed by atoms with van der Waals surface area (Å²) >= 11 is 0. The second-order valence-corrected chi connectivity index (χ2v) is 17.6. The predicted octanol–water partition coefficient (Wildman–Crippen LogP) is 9.14. The fourth-order valence-electron chi connectivity index (χ4n) is 7.42. The molecule has 1 aliphatic carbocycles. The minimum atomic E-state index is -4.66. The van der Waals surface area contributed by atoms with Crippen LogP contribution in [0.1, 0.15) is 174 Å². The number of unbranched alkanes of at least 4 members (excludes halogenated alkanes) is 17. The van der Waals surface area contributed by atoms with E-state index in [0.29, 0.717) is 19.3 Å². The van der Waals surface area contributed by atoms with Gasteiger partial charge in [-0.25, -0.2) is 14.3 Å².